The molecule has 16 heavy (non-hydrogen) atoms. The number of nitrogens with zero attached hydrogens (tertiary/aromatic N) is 1. The number of hydrogen-bond acceptors (Lipinski definition) is 3. The molecule has 1 aromatic rings. The van der Waals surface area contributed by atoms with Crippen molar-refractivity contribution in [2.24, 2.45) is 0 Å². The summed E-state index contributed by atoms with van der Waals surface area (Å²) in [6.07, 6.45) is 1.71. The Hall–Kier alpha value is -0.900. The van der Waals surface area contributed by atoms with Crippen LogP contribution in [0.25, 0.3) is 0 Å². The Morgan fingerprint density at radius 1 is 1.31 bits per heavy atom. The molecule has 1 fully saturated rings. The van der Waals surface area contributed by atoms with Crippen molar-refractivity contribution in [3.05, 3.63) is 35.9 Å². The van der Waals surface area contributed by atoms with E-state index in [1.807, 2.05) is 30.3 Å². The van der Waals surface area contributed by atoms with Crippen LogP contribution in [0, 0.1) is 0 Å². The maximum absolute atomic E-state index is 10.1. The fourth-order valence-corrected chi connectivity index (χ4v) is 2.34. The van der Waals surface area contributed by atoms with E-state index in [9.17, 15) is 10.2 Å². The lowest BCUT2D eigenvalue weighted by Crippen LogP contribution is -2.35. The Morgan fingerprint density at radius 3 is 2.75 bits per heavy atom. The van der Waals surface area contributed by atoms with E-state index in [1.165, 1.54) is 0 Å². The summed E-state index contributed by atoms with van der Waals surface area (Å²) < 4.78 is 0. The Labute approximate surface area is 96.3 Å². The van der Waals surface area contributed by atoms with Gasteiger partial charge in [0.25, 0.3) is 0 Å². The highest BCUT2D eigenvalue weighted by Crippen LogP contribution is 2.21. The molecule has 2 N–H and O–H groups in total. The van der Waals surface area contributed by atoms with Gasteiger partial charge in [-0.25, -0.2) is 0 Å². The van der Waals surface area contributed by atoms with Gasteiger partial charge < -0.3 is 10.2 Å². The fraction of sp³-hybridized carbons (Fsp3) is 0.538. The summed E-state index contributed by atoms with van der Waals surface area (Å²) in [7, 11) is 0. The highest BCUT2D eigenvalue weighted by molar-refractivity contribution is 5.17. The lowest BCUT2D eigenvalue weighted by atomic mass is 10.1. The maximum atomic E-state index is 10.1. The van der Waals surface area contributed by atoms with Crippen LogP contribution in [0.5, 0.6) is 0 Å². The highest BCUT2D eigenvalue weighted by Gasteiger charge is 2.25. The molecule has 0 bridgehead atoms. The predicted octanol–water partition coefficient (Wildman–Crippen LogP) is 1.18. The average molecular weight is 221 g/mol. The van der Waals surface area contributed by atoms with E-state index in [-0.39, 0.29) is 12.6 Å². The van der Waals surface area contributed by atoms with E-state index >= 15 is 0 Å². The van der Waals surface area contributed by atoms with E-state index in [0.29, 0.717) is 6.54 Å². The summed E-state index contributed by atoms with van der Waals surface area (Å²) in [5, 5.41) is 19.3. The molecule has 0 radical (unpaired) electrons. The van der Waals surface area contributed by atoms with E-state index in [0.717, 1.165) is 24.9 Å². The van der Waals surface area contributed by atoms with Crippen LogP contribution in [0.4, 0.5) is 0 Å². The van der Waals surface area contributed by atoms with Gasteiger partial charge in [-0.1, -0.05) is 30.3 Å². The third-order valence-corrected chi connectivity index (χ3v) is 3.30. The molecule has 1 saturated heterocycles. The molecule has 1 aliphatic heterocycles. The minimum absolute atomic E-state index is 0.196. The first-order chi connectivity index (χ1) is 7.81. The number of benzene rings is 1. The van der Waals surface area contributed by atoms with Crippen LogP contribution in [-0.4, -0.2) is 40.9 Å². The van der Waals surface area contributed by atoms with Crippen LogP contribution in [-0.2, 0) is 0 Å². The molecule has 3 nitrogen and oxygen atoms in total. The number of rotatable bonds is 4. The van der Waals surface area contributed by atoms with Crippen molar-refractivity contribution < 1.29 is 10.2 Å². The number of β-amino-alcohol motifs (C(OH)–C–C–N with tert-alkyl or cyclic N) is 1. The van der Waals surface area contributed by atoms with E-state index in [4.69, 9.17) is 0 Å². The molecule has 0 aliphatic carbocycles. The molecule has 1 heterocycles. The Bertz CT molecular complexity index is 315. The fourth-order valence-electron chi connectivity index (χ4n) is 2.34. The molecule has 0 spiro atoms. The van der Waals surface area contributed by atoms with Gasteiger partial charge >= 0.3 is 0 Å². The number of aliphatic hydroxyl groups is 2. The van der Waals surface area contributed by atoms with Gasteiger partial charge in [-0.3, -0.25) is 4.90 Å². The third kappa shape index (κ3) is 2.61. The van der Waals surface area contributed by atoms with Crippen LogP contribution in [0.2, 0.25) is 0 Å². The summed E-state index contributed by atoms with van der Waals surface area (Å²) in [6.45, 7) is 1.80. The number of aliphatic hydroxyl groups excluding tert-OH is 2. The molecule has 0 saturated carbocycles. The van der Waals surface area contributed by atoms with Crippen molar-refractivity contribution in [3.8, 4) is 0 Å². The summed E-state index contributed by atoms with van der Waals surface area (Å²) >= 11 is 0. The van der Waals surface area contributed by atoms with E-state index in [2.05, 4.69) is 4.90 Å². The SMILES string of the molecule is OC[C@H]1CCCN1CC(O)c1ccccc1. The molecule has 0 amide bonds. The molecule has 2 rings (SSSR count). The summed E-state index contributed by atoms with van der Waals surface area (Å²) in [4.78, 5) is 2.18. The van der Waals surface area contributed by atoms with Gasteiger partial charge in [0, 0.05) is 12.6 Å². The van der Waals surface area contributed by atoms with Gasteiger partial charge in [0.05, 0.1) is 12.7 Å². The summed E-state index contributed by atoms with van der Waals surface area (Å²) in [5.41, 5.74) is 0.950. The lowest BCUT2D eigenvalue weighted by molar-refractivity contribution is 0.0850. The van der Waals surface area contributed by atoms with Crippen molar-refractivity contribution in [1.82, 2.24) is 4.90 Å². The lowest BCUT2D eigenvalue weighted by Gasteiger charge is -2.25. The van der Waals surface area contributed by atoms with Crippen molar-refractivity contribution >= 4 is 0 Å². The van der Waals surface area contributed by atoms with Crippen molar-refractivity contribution in [3.63, 3.8) is 0 Å². The molecule has 88 valence electrons. The highest BCUT2D eigenvalue weighted by atomic mass is 16.3. The standard InChI is InChI=1S/C13H19NO2/c15-10-12-7-4-8-14(12)9-13(16)11-5-2-1-3-6-11/h1-3,5-6,12-13,15-16H,4,7-10H2/t12-,13?/m1/s1. The first-order valence-electron chi connectivity index (χ1n) is 5.89. The third-order valence-electron chi connectivity index (χ3n) is 3.30. The zero-order valence-corrected chi connectivity index (χ0v) is 9.42. The number of likely N-dealkylation sites (tertiary alicyclic amines) is 1. The van der Waals surface area contributed by atoms with Gasteiger partial charge in [0.15, 0.2) is 0 Å². The molecule has 1 unspecified atom stereocenters. The van der Waals surface area contributed by atoms with Crippen molar-refractivity contribution in [2.75, 3.05) is 19.7 Å². The summed E-state index contributed by atoms with van der Waals surface area (Å²) in [5.74, 6) is 0. The second-order valence-corrected chi connectivity index (χ2v) is 4.40. The zero-order chi connectivity index (χ0) is 11.4. The quantitative estimate of drug-likeness (QED) is 0.802. The Morgan fingerprint density at radius 2 is 2.06 bits per heavy atom. The van der Waals surface area contributed by atoms with Crippen molar-refractivity contribution in [2.45, 2.75) is 25.0 Å². The van der Waals surface area contributed by atoms with Crippen molar-refractivity contribution in [1.29, 1.82) is 0 Å². The zero-order valence-electron chi connectivity index (χ0n) is 9.42. The second kappa shape index (κ2) is 5.43. The van der Waals surface area contributed by atoms with E-state index in [1.54, 1.807) is 0 Å². The molecule has 1 aliphatic rings. The topological polar surface area (TPSA) is 43.7 Å². The number of hydrogen-bond donors (Lipinski definition) is 2. The molecule has 0 aromatic heterocycles. The predicted molar refractivity (Wildman–Crippen MR) is 63.1 cm³/mol. The van der Waals surface area contributed by atoms with Gasteiger partial charge in [-0.2, -0.15) is 0 Å². The molecule has 2 atom stereocenters. The minimum atomic E-state index is -0.451. The Balaban J connectivity index is 1.94. The minimum Gasteiger partial charge on any atom is -0.395 e. The van der Waals surface area contributed by atoms with Crippen LogP contribution < -0.4 is 0 Å². The first kappa shape index (κ1) is 11.6. The van der Waals surface area contributed by atoms with Gasteiger partial charge in [-0.15, -0.1) is 0 Å². The van der Waals surface area contributed by atoms with Gasteiger partial charge in [0.2, 0.25) is 0 Å². The van der Waals surface area contributed by atoms with Crippen LogP contribution in [0.15, 0.2) is 30.3 Å². The molecule has 1 aromatic carbocycles. The Kier molecular flexibility index (Phi) is 3.93. The average Bonchev–Trinajstić information content (AvgIpc) is 2.77. The molecular formula is C13H19NO2. The monoisotopic (exact) mass is 221 g/mol. The van der Waals surface area contributed by atoms with Gasteiger partial charge in [0.1, 0.15) is 0 Å². The first-order valence-corrected chi connectivity index (χ1v) is 5.89. The van der Waals surface area contributed by atoms with Crippen LogP contribution in [0.1, 0.15) is 24.5 Å². The smallest absolute Gasteiger partial charge is 0.0917 e. The van der Waals surface area contributed by atoms with Crippen LogP contribution >= 0.6 is 0 Å². The van der Waals surface area contributed by atoms with Crippen LogP contribution in [0.3, 0.4) is 0 Å². The molecule has 3 heteroatoms. The maximum Gasteiger partial charge on any atom is 0.0917 e. The second-order valence-electron chi connectivity index (χ2n) is 4.40. The van der Waals surface area contributed by atoms with Gasteiger partial charge in [-0.05, 0) is 24.9 Å². The largest absolute Gasteiger partial charge is 0.395 e. The normalized spacial score (nSPS) is 23.5. The summed E-state index contributed by atoms with van der Waals surface area (Å²) in [6, 6.07) is 9.93. The molecular weight excluding hydrogens is 202 g/mol. The van der Waals surface area contributed by atoms with E-state index < -0.39 is 6.10 Å².